The van der Waals surface area contributed by atoms with E-state index in [-0.39, 0.29) is 6.08 Å². The Morgan fingerprint density at radius 3 is 1.57 bits per heavy atom. The zero-order valence-corrected chi connectivity index (χ0v) is 6.58. The summed E-state index contributed by atoms with van der Waals surface area (Å²) in [6, 6.07) is -2.76. The third-order valence-electron chi connectivity index (χ3n) is 1.45. The minimum absolute atomic E-state index is 0.125. The van der Waals surface area contributed by atoms with Crippen molar-refractivity contribution in [3.8, 4) is 0 Å². The Morgan fingerprint density at radius 2 is 1.36 bits per heavy atom. The molecule has 0 rings (SSSR count). The molecule has 1 unspecified atom stereocenters. The van der Waals surface area contributed by atoms with Crippen LogP contribution in [0.1, 0.15) is 0 Å². The van der Waals surface area contributed by atoms with Gasteiger partial charge in [-0.15, -0.1) is 6.58 Å². The molecule has 0 aromatic carbocycles. The Bertz CT molecular complexity index is 219. The Labute approximate surface area is 74.4 Å². The van der Waals surface area contributed by atoms with E-state index in [9.17, 15) is 30.7 Å². The van der Waals surface area contributed by atoms with Crippen LogP contribution in [0.2, 0.25) is 0 Å². The summed E-state index contributed by atoms with van der Waals surface area (Å²) in [7, 11) is 0. The van der Waals surface area contributed by atoms with E-state index in [1.54, 1.807) is 0 Å². The van der Waals surface area contributed by atoms with Crippen LogP contribution in [0.25, 0.3) is 0 Å². The van der Waals surface area contributed by atoms with Crippen molar-refractivity contribution in [2.24, 2.45) is 5.73 Å². The number of nitrogens with two attached hydrogens (primary N) is 1. The Hall–Kier alpha value is -0.790. The molecule has 0 aliphatic carbocycles. The van der Waals surface area contributed by atoms with Gasteiger partial charge in [-0.3, -0.25) is 0 Å². The zero-order chi connectivity index (χ0) is 11.8. The molecular formula is C6H6F7N. The topological polar surface area (TPSA) is 26.0 Å². The molecule has 1 nitrogen and oxygen atoms in total. The highest BCUT2D eigenvalue weighted by Crippen LogP contribution is 2.47. The van der Waals surface area contributed by atoms with E-state index in [2.05, 4.69) is 12.3 Å². The summed E-state index contributed by atoms with van der Waals surface area (Å²) in [6.45, 7) is 2.62. The molecule has 1 atom stereocenters. The number of rotatable bonds is 3. The average molecular weight is 225 g/mol. The van der Waals surface area contributed by atoms with E-state index in [1.807, 2.05) is 0 Å². The van der Waals surface area contributed by atoms with Crippen LogP contribution in [0.15, 0.2) is 12.7 Å². The fourth-order valence-corrected chi connectivity index (χ4v) is 0.546. The predicted octanol–water partition coefficient (Wildman–Crippen LogP) is 2.33. The van der Waals surface area contributed by atoms with Crippen LogP contribution in [0.3, 0.4) is 0 Å². The summed E-state index contributed by atoms with van der Waals surface area (Å²) in [6.07, 6.45) is -6.23. The van der Waals surface area contributed by atoms with Gasteiger partial charge in [0.2, 0.25) is 0 Å². The van der Waals surface area contributed by atoms with Crippen molar-refractivity contribution in [3.63, 3.8) is 0 Å². The maximum Gasteiger partial charge on any atom is 0.459 e. The first-order valence-electron chi connectivity index (χ1n) is 3.19. The molecule has 0 amide bonds. The summed E-state index contributed by atoms with van der Waals surface area (Å²) in [4.78, 5) is 0. The summed E-state index contributed by atoms with van der Waals surface area (Å²) in [5, 5.41) is 0. The lowest BCUT2D eigenvalue weighted by atomic mass is 10.0. The van der Waals surface area contributed by atoms with E-state index < -0.39 is 24.1 Å². The smallest absolute Gasteiger partial charge is 0.319 e. The molecule has 0 radical (unpaired) electrons. The average Bonchev–Trinajstić information content (AvgIpc) is 2.00. The van der Waals surface area contributed by atoms with Crippen LogP contribution < -0.4 is 5.73 Å². The maximum absolute atomic E-state index is 12.4. The van der Waals surface area contributed by atoms with E-state index in [1.165, 1.54) is 0 Å². The molecule has 0 bridgehead atoms. The SMILES string of the molecule is C=CC(N)C(F)(F)C(F)(F)C(F)(F)F. The van der Waals surface area contributed by atoms with Crippen molar-refractivity contribution in [3.05, 3.63) is 12.7 Å². The molecule has 84 valence electrons. The lowest BCUT2D eigenvalue weighted by Crippen LogP contribution is -2.59. The normalized spacial score (nSPS) is 16.6. The van der Waals surface area contributed by atoms with Gasteiger partial charge in [0.1, 0.15) is 0 Å². The molecule has 0 fully saturated rings. The summed E-state index contributed by atoms with van der Waals surface area (Å²) < 4.78 is 83.7. The second-order valence-electron chi connectivity index (χ2n) is 2.46. The minimum atomic E-state index is -6.35. The first-order valence-corrected chi connectivity index (χ1v) is 3.19. The number of hydrogen-bond donors (Lipinski definition) is 1. The van der Waals surface area contributed by atoms with Crippen molar-refractivity contribution in [2.45, 2.75) is 24.1 Å². The summed E-state index contributed by atoms with van der Waals surface area (Å²) in [5.74, 6) is -11.6. The molecule has 0 heterocycles. The van der Waals surface area contributed by atoms with Crippen molar-refractivity contribution in [1.82, 2.24) is 0 Å². The van der Waals surface area contributed by atoms with E-state index in [0.717, 1.165) is 0 Å². The van der Waals surface area contributed by atoms with Crippen molar-refractivity contribution >= 4 is 0 Å². The van der Waals surface area contributed by atoms with Gasteiger partial charge in [-0.2, -0.15) is 30.7 Å². The fourth-order valence-electron chi connectivity index (χ4n) is 0.546. The highest BCUT2D eigenvalue weighted by atomic mass is 19.4. The van der Waals surface area contributed by atoms with E-state index in [4.69, 9.17) is 0 Å². The van der Waals surface area contributed by atoms with Crippen LogP contribution in [-0.4, -0.2) is 24.1 Å². The molecule has 2 N–H and O–H groups in total. The first-order chi connectivity index (χ1) is 5.98. The number of halogens is 7. The predicted molar refractivity (Wildman–Crippen MR) is 34.1 cm³/mol. The van der Waals surface area contributed by atoms with Crippen LogP contribution in [0, 0.1) is 0 Å². The molecule has 0 aromatic rings. The highest BCUT2D eigenvalue weighted by Gasteiger charge is 2.74. The van der Waals surface area contributed by atoms with E-state index >= 15 is 0 Å². The molecule has 0 aliphatic heterocycles. The van der Waals surface area contributed by atoms with Crippen molar-refractivity contribution in [1.29, 1.82) is 0 Å². The van der Waals surface area contributed by atoms with Crippen LogP contribution in [0.5, 0.6) is 0 Å². The molecule has 0 aliphatic rings. The van der Waals surface area contributed by atoms with Crippen LogP contribution in [0.4, 0.5) is 30.7 Å². The van der Waals surface area contributed by atoms with Crippen LogP contribution >= 0.6 is 0 Å². The van der Waals surface area contributed by atoms with Gasteiger partial charge in [0.15, 0.2) is 0 Å². The minimum Gasteiger partial charge on any atom is -0.319 e. The third-order valence-corrected chi connectivity index (χ3v) is 1.45. The molecule has 0 spiro atoms. The van der Waals surface area contributed by atoms with Crippen molar-refractivity contribution < 1.29 is 30.7 Å². The van der Waals surface area contributed by atoms with E-state index in [0.29, 0.717) is 0 Å². The lowest BCUT2D eigenvalue weighted by Gasteiger charge is -2.30. The third kappa shape index (κ3) is 1.84. The largest absolute Gasteiger partial charge is 0.459 e. The Balaban J connectivity index is 5.17. The fraction of sp³-hybridized carbons (Fsp3) is 0.667. The van der Waals surface area contributed by atoms with Crippen molar-refractivity contribution in [2.75, 3.05) is 0 Å². The van der Waals surface area contributed by atoms with Gasteiger partial charge in [-0.25, -0.2) is 0 Å². The monoisotopic (exact) mass is 225 g/mol. The quantitative estimate of drug-likeness (QED) is 0.579. The summed E-state index contributed by atoms with van der Waals surface area (Å²) in [5.41, 5.74) is 4.39. The maximum atomic E-state index is 12.4. The molecule has 0 saturated carbocycles. The van der Waals surface area contributed by atoms with Gasteiger partial charge in [-0.05, 0) is 0 Å². The molecule has 14 heavy (non-hydrogen) atoms. The molecule has 0 saturated heterocycles. The first kappa shape index (κ1) is 13.2. The number of hydrogen-bond acceptors (Lipinski definition) is 1. The second-order valence-corrected chi connectivity index (χ2v) is 2.46. The van der Waals surface area contributed by atoms with Gasteiger partial charge >= 0.3 is 18.0 Å². The van der Waals surface area contributed by atoms with Gasteiger partial charge in [0.05, 0.1) is 6.04 Å². The highest BCUT2D eigenvalue weighted by molar-refractivity contribution is 5.04. The van der Waals surface area contributed by atoms with Gasteiger partial charge in [0, 0.05) is 0 Å². The zero-order valence-electron chi connectivity index (χ0n) is 6.58. The van der Waals surface area contributed by atoms with Gasteiger partial charge in [0.25, 0.3) is 0 Å². The number of alkyl halides is 7. The van der Waals surface area contributed by atoms with Crippen LogP contribution in [-0.2, 0) is 0 Å². The second kappa shape index (κ2) is 3.41. The summed E-state index contributed by atoms with van der Waals surface area (Å²) >= 11 is 0. The Morgan fingerprint density at radius 1 is 1.00 bits per heavy atom. The Kier molecular flexibility index (Phi) is 3.22. The lowest BCUT2D eigenvalue weighted by molar-refractivity contribution is -0.356. The molecule has 8 heteroatoms. The standard InChI is InChI=1S/C6H6F7N/c1-2-3(14)4(7,8)5(9,10)6(11,12)13/h2-3H,1,14H2. The van der Waals surface area contributed by atoms with Gasteiger partial charge < -0.3 is 5.73 Å². The molecule has 0 aromatic heterocycles. The van der Waals surface area contributed by atoms with Gasteiger partial charge in [-0.1, -0.05) is 6.08 Å². The molecular weight excluding hydrogens is 219 g/mol.